The van der Waals surface area contributed by atoms with Crippen LogP contribution in [0, 0.1) is 0 Å². The van der Waals surface area contributed by atoms with Crippen LogP contribution in [0.5, 0.6) is 17.2 Å². The van der Waals surface area contributed by atoms with E-state index in [1.165, 1.54) is 40.6 Å². The van der Waals surface area contributed by atoms with Crippen molar-refractivity contribution in [2.24, 2.45) is 0 Å². The highest BCUT2D eigenvalue weighted by atomic mass is 16.6. The Hall–Kier alpha value is -1.95. The fourth-order valence-electron chi connectivity index (χ4n) is 1.36. The van der Waals surface area contributed by atoms with E-state index in [0.717, 1.165) is 0 Å². The number of nitrogens with one attached hydrogen (secondary N) is 1. The molecular weight excluding hydrogens is 226 g/mol. The van der Waals surface area contributed by atoms with Gasteiger partial charge < -0.3 is 14.2 Å². The van der Waals surface area contributed by atoms with Crippen LogP contribution < -0.4 is 19.7 Å². The van der Waals surface area contributed by atoms with Gasteiger partial charge in [0.25, 0.3) is 5.91 Å². The van der Waals surface area contributed by atoms with Crippen LogP contribution in [0.3, 0.4) is 0 Å². The first-order valence-electron chi connectivity index (χ1n) is 4.81. The fraction of sp³-hybridized carbons (Fsp3) is 0.364. The van der Waals surface area contributed by atoms with Crippen LogP contribution in [-0.4, -0.2) is 34.3 Å². The van der Waals surface area contributed by atoms with Crippen molar-refractivity contribution in [1.29, 1.82) is 0 Å². The molecule has 0 aliphatic carbocycles. The lowest BCUT2D eigenvalue weighted by atomic mass is 10.1. The molecule has 0 aromatic heterocycles. The molecule has 0 spiro atoms. The summed E-state index contributed by atoms with van der Waals surface area (Å²) in [6, 6.07) is 3.07. The van der Waals surface area contributed by atoms with Gasteiger partial charge in [0.05, 0.1) is 28.4 Å². The maximum Gasteiger partial charge on any atom is 0.275 e. The van der Waals surface area contributed by atoms with Gasteiger partial charge in [-0.15, -0.1) is 0 Å². The van der Waals surface area contributed by atoms with Gasteiger partial charge in [-0.3, -0.25) is 9.63 Å². The van der Waals surface area contributed by atoms with Crippen LogP contribution in [-0.2, 0) is 4.84 Å². The highest BCUT2D eigenvalue weighted by Gasteiger charge is 2.16. The Morgan fingerprint density at radius 1 is 1.00 bits per heavy atom. The maximum atomic E-state index is 11.6. The van der Waals surface area contributed by atoms with Crippen LogP contribution >= 0.6 is 0 Å². The van der Waals surface area contributed by atoms with E-state index in [1.807, 2.05) is 0 Å². The molecule has 0 aliphatic heterocycles. The summed E-state index contributed by atoms with van der Waals surface area (Å²) in [5.74, 6) is 0.858. The first-order chi connectivity index (χ1) is 8.17. The fourth-order valence-corrected chi connectivity index (χ4v) is 1.36. The first kappa shape index (κ1) is 13.1. The molecule has 0 unspecified atom stereocenters. The molecule has 1 aromatic carbocycles. The smallest absolute Gasteiger partial charge is 0.275 e. The van der Waals surface area contributed by atoms with Gasteiger partial charge in [0, 0.05) is 5.56 Å². The predicted octanol–water partition coefficient (Wildman–Crippen LogP) is 1.00. The third-order valence-electron chi connectivity index (χ3n) is 2.12. The Balaban J connectivity index is 3.22. The summed E-state index contributed by atoms with van der Waals surface area (Å²) in [6.45, 7) is 0. The Kier molecular flexibility index (Phi) is 4.59. The van der Waals surface area contributed by atoms with Crippen molar-refractivity contribution in [2.45, 2.75) is 0 Å². The largest absolute Gasteiger partial charge is 0.493 e. The minimum absolute atomic E-state index is 0.348. The zero-order valence-corrected chi connectivity index (χ0v) is 10.2. The van der Waals surface area contributed by atoms with E-state index in [0.29, 0.717) is 22.8 Å². The SMILES string of the molecule is CONC(=O)c1cc(OC)c(OC)c(OC)c1. The molecule has 1 N–H and O–H groups in total. The second-order valence-electron chi connectivity index (χ2n) is 3.05. The highest BCUT2D eigenvalue weighted by molar-refractivity contribution is 5.94. The average Bonchev–Trinajstić information content (AvgIpc) is 2.37. The van der Waals surface area contributed by atoms with Gasteiger partial charge >= 0.3 is 0 Å². The number of hydrogen-bond donors (Lipinski definition) is 1. The van der Waals surface area contributed by atoms with Gasteiger partial charge in [-0.25, -0.2) is 5.48 Å². The Labute approximate surface area is 99.4 Å². The van der Waals surface area contributed by atoms with Crippen molar-refractivity contribution in [3.05, 3.63) is 17.7 Å². The molecule has 6 nitrogen and oxygen atoms in total. The van der Waals surface area contributed by atoms with Gasteiger partial charge in [0.2, 0.25) is 5.75 Å². The molecule has 0 heterocycles. The van der Waals surface area contributed by atoms with E-state index in [-0.39, 0.29) is 0 Å². The summed E-state index contributed by atoms with van der Waals surface area (Å²) >= 11 is 0. The van der Waals surface area contributed by atoms with Crippen LogP contribution in [0.15, 0.2) is 12.1 Å². The van der Waals surface area contributed by atoms with Crippen LogP contribution in [0.1, 0.15) is 10.4 Å². The summed E-state index contributed by atoms with van der Waals surface area (Å²) < 4.78 is 15.4. The van der Waals surface area contributed by atoms with Gasteiger partial charge in [-0.2, -0.15) is 0 Å². The van der Waals surface area contributed by atoms with Crippen molar-refractivity contribution in [2.75, 3.05) is 28.4 Å². The molecule has 0 radical (unpaired) electrons. The molecule has 6 heteroatoms. The second kappa shape index (κ2) is 5.95. The van der Waals surface area contributed by atoms with Crippen LogP contribution in [0.4, 0.5) is 0 Å². The minimum Gasteiger partial charge on any atom is -0.493 e. The number of hydrogen-bond acceptors (Lipinski definition) is 5. The Morgan fingerprint density at radius 3 is 1.88 bits per heavy atom. The second-order valence-corrected chi connectivity index (χ2v) is 3.05. The third kappa shape index (κ3) is 2.79. The summed E-state index contributed by atoms with van der Waals surface area (Å²) in [4.78, 5) is 16.1. The summed E-state index contributed by atoms with van der Waals surface area (Å²) in [6.07, 6.45) is 0. The number of hydroxylamine groups is 1. The number of amides is 1. The molecule has 0 atom stereocenters. The van der Waals surface area contributed by atoms with E-state index < -0.39 is 5.91 Å². The number of ether oxygens (including phenoxy) is 3. The van der Waals surface area contributed by atoms with E-state index in [4.69, 9.17) is 14.2 Å². The van der Waals surface area contributed by atoms with Gasteiger partial charge in [-0.05, 0) is 12.1 Å². The number of benzene rings is 1. The molecule has 17 heavy (non-hydrogen) atoms. The van der Waals surface area contributed by atoms with E-state index in [1.54, 1.807) is 0 Å². The Morgan fingerprint density at radius 2 is 1.53 bits per heavy atom. The zero-order chi connectivity index (χ0) is 12.8. The molecule has 1 rings (SSSR count). The van der Waals surface area contributed by atoms with Crippen molar-refractivity contribution in [3.8, 4) is 17.2 Å². The molecule has 0 saturated carbocycles. The van der Waals surface area contributed by atoms with E-state index in [9.17, 15) is 4.79 Å². The molecule has 0 bridgehead atoms. The van der Waals surface area contributed by atoms with Crippen molar-refractivity contribution in [3.63, 3.8) is 0 Å². The molecule has 1 aromatic rings. The molecule has 94 valence electrons. The standard InChI is InChI=1S/C11H15NO5/c1-14-8-5-7(11(13)12-17-4)6-9(15-2)10(8)16-3/h5-6H,1-4H3,(H,12,13). The van der Waals surface area contributed by atoms with Crippen molar-refractivity contribution < 1.29 is 23.8 Å². The van der Waals surface area contributed by atoms with E-state index >= 15 is 0 Å². The summed E-state index contributed by atoms with van der Waals surface area (Å²) in [5.41, 5.74) is 2.56. The monoisotopic (exact) mass is 241 g/mol. The first-order valence-corrected chi connectivity index (χ1v) is 4.81. The lowest BCUT2D eigenvalue weighted by Gasteiger charge is -2.13. The molecule has 0 saturated heterocycles. The highest BCUT2D eigenvalue weighted by Crippen LogP contribution is 2.38. The number of methoxy groups -OCH3 is 3. The molecule has 0 aliphatic rings. The molecule has 0 fully saturated rings. The minimum atomic E-state index is -0.397. The van der Waals surface area contributed by atoms with E-state index in [2.05, 4.69) is 10.3 Å². The normalized spacial score (nSPS) is 9.65. The Bertz CT molecular complexity index is 380. The van der Waals surface area contributed by atoms with Crippen LogP contribution in [0.2, 0.25) is 0 Å². The zero-order valence-electron chi connectivity index (χ0n) is 10.2. The summed E-state index contributed by atoms with van der Waals surface area (Å²) in [7, 11) is 5.82. The third-order valence-corrected chi connectivity index (χ3v) is 2.12. The average molecular weight is 241 g/mol. The molecule has 1 amide bonds. The topological polar surface area (TPSA) is 66.0 Å². The number of carbonyl (C=O) groups excluding carboxylic acids is 1. The lowest BCUT2D eigenvalue weighted by molar-refractivity contribution is 0.0537. The molecular formula is C11H15NO5. The quantitative estimate of drug-likeness (QED) is 0.779. The van der Waals surface area contributed by atoms with Gasteiger partial charge in [0.1, 0.15) is 0 Å². The lowest BCUT2D eigenvalue weighted by Crippen LogP contribution is -2.21. The van der Waals surface area contributed by atoms with Crippen molar-refractivity contribution in [1.82, 2.24) is 5.48 Å². The van der Waals surface area contributed by atoms with Gasteiger partial charge in [-0.1, -0.05) is 0 Å². The van der Waals surface area contributed by atoms with Crippen LogP contribution in [0.25, 0.3) is 0 Å². The predicted molar refractivity (Wildman–Crippen MR) is 60.6 cm³/mol. The van der Waals surface area contributed by atoms with Crippen molar-refractivity contribution >= 4 is 5.91 Å². The maximum absolute atomic E-state index is 11.6. The summed E-state index contributed by atoms with van der Waals surface area (Å²) in [5, 5.41) is 0. The number of carbonyl (C=O) groups is 1. The number of rotatable bonds is 5. The van der Waals surface area contributed by atoms with Gasteiger partial charge in [0.15, 0.2) is 11.5 Å².